The molecule has 0 aliphatic rings. The first kappa shape index (κ1) is 18.3. The molecule has 2 aromatic heterocycles. The minimum atomic E-state index is -4.92. The highest BCUT2D eigenvalue weighted by Crippen LogP contribution is 2.37. The number of ketones is 1. The lowest BCUT2D eigenvalue weighted by atomic mass is 10.00. The molecule has 0 spiro atoms. The van der Waals surface area contributed by atoms with Crippen molar-refractivity contribution in [3.8, 4) is 11.3 Å². The predicted octanol–water partition coefficient (Wildman–Crippen LogP) is 3.77. The van der Waals surface area contributed by atoms with E-state index in [-0.39, 0.29) is 22.5 Å². The van der Waals surface area contributed by atoms with Gasteiger partial charge in [-0.2, -0.15) is 13.2 Å². The number of benzene rings is 1. The molecule has 9 heteroatoms. The Morgan fingerprint density at radius 1 is 1.07 bits per heavy atom. The number of pyridine rings is 1. The lowest BCUT2D eigenvalue weighted by Crippen LogP contribution is -2.14. The van der Waals surface area contributed by atoms with Crippen molar-refractivity contribution in [3.63, 3.8) is 0 Å². The number of alkyl halides is 3. The van der Waals surface area contributed by atoms with Gasteiger partial charge in [0.1, 0.15) is 17.0 Å². The molecule has 0 fully saturated rings. The third-order valence-corrected chi connectivity index (χ3v) is 3.64. The van der Waals surface area contributed by atoms with Gasteiger partial charge in [-0.15, -0.1) is 0 Å². The summed E-state index contributed by atoms with van der Waals surface area (Å²) < 4.78 is 48.9. The van der Waals surface area contributed by atoms with Gasteiger partial charge < -0.3 is 9.26 Å². The van der Waals surface area contributed by atoms with Gasteiger partial charge in [-0.1, -0.05) is 35.5 Å². The lowest BCUT2D eigenvalue weighted by Gasteiger charge is -2.06. The second kappa shape index (κ2) is 7.02. The van der Waals surface area contributed by atoms with Crippen LogP contribution in [0.25, 0.3) is 11.3 Å². The topological polar surface area (TPSA) is 82.3 Å². The van der Waals surface area contributed by atoms with Crippen molar-refractivity contribution in [2.45, 2.75) is 6.18 Å². The van der Waals surface area contributed by atoms with Gasteiger partial charge in [0.25, 0.3) is 5.76 Å². The molecule has 0 bridgehead atoms. The maximum atomic E-state index is 13.3. The second-order valence-electron chi connectivity index (χ2n) is 5.35. The predicted molar refractivity (Wildman–Crippen MR) is 86.0 cm³/mol. The van der Waals surface area contributed by atoms with Crippen molar-refractivity contribution in [2.24, 2.45) is 0 Å². The number of rotatable bonds is 4. The van der Waals surface area contributed by atoms with Crippen LogP contribution < -0.4 is 0 Å². The molecular weight excluding hydrogens is 365 g/mol. The Labute approximate surface area is 150 Å². The molecule has 0 N–H and O–H groups in total. The molecule has 0 amide bonds. The number of esters is 1. The normalized spacial score (nSPS) is 11.3. The van der Waals surface area contributed by atoms with Gasteiger partial charge in [-0.3, -0.25) is 9.78 Å². The summed E-state index contributed by atoms with van der Waals surface area (Å²) >= 11 is 0. The monoisotopic (exact) mass is 376 g/mol. The van der Waals surface area contributed by atoms with Crippen LogP contribution in [0.1, 0.15) is 32.2 Å². The Morgan fingerprint density at radius 2 is 1.78 bits per heavy atom. The molecule has 3 rings (SSSR count). The number of ether oxygens (including phenoxy) is 1. The van der Waals surface area contributed by atoms with Gasteiger partial charge in [-0.05, 0) is 12.1 Å². The van der Waals surface area contributed by atoms with Gasteiger partial charge in [0.2, 0.25) is 5.78 Å². The molecule has 0 atom stereocenters. The van der Waals surface area contributed by atoms with E-state index in [1.54, 1.807) is 18.2 Å². The molecule has 2 heterocycles. The van der Waals surface area contributed by atoms with E-state index in [9.17, 15) is 22.8 Å². The fraction of sp³-hybridized carbons (Fsp3) is 0.111. The molecule has 0 aliphatic heterocycles. The van der Waals surface area contributed by atoms with E-state index < -0.39 is 29.3 Å². The Morgan fingerprint density at radius 3 is 2.33 bits per heavy atom. The largest absolute Gasteiger partial charge is 0.465 e. The maximum Gasteiger partial charge on any atom is 0.453 e. The van der Waals surface area contributed by atoms with Gasteiger partial charge >= 0.3 is 12.1 Å². The quantitative estimate of drug-likeness (QED) is 0.509. The number of hydrogen-bond donors (Lipinski definition) is 0. The summed E-state index contributed by atoms with van der Waals surface area (Å²) in [6.45, 7) is 0. The minimum absolute atomic E-state index is 0.0543. The van der Waals surface area contributed by atoms with Crippen molar-refractivity contribution in [1.29, 1.82) is 0 Å². The maximum absolute atomic E-state index is 13.3. The van der Waals surface area contributed by atoms with E-state index in [1.165, 1.54) is 25.3 Å². The number of carbonyl (C=O) groups excluding carboxylic acids is 2. The highest BCUT2D eigenvalue weighted by atomic mass is 19.4. The molecule has 138 valence electrons. The van der Waals surface area contributed by atoms with Crippen molar-refractivity contribution in [1.82, 2.24) is 10.1 Å². The van der Waals surface area contributed by atoms with Gasteiger partial charge in [-0.25, -0.2) is 4.79 Å². The summed E-state index contributed by atoms with van der Waals surface area (Å²) in [5.74, 6) is -3.23. The zero-order valence-corrected chi connectivity index (χ0v) is 13.8. The van der Waals surface area contributed by atoms with Crippen LogP contribution in [0.2, 0.25) is 0 Å². The van der Waals surface area contributed by atoms with Crippen LogP contribution in [0.5, 0.6) is 0 Å². The summed E-state index contributed by atoms with van der Waals surface area (Å²) in [5, 5.41) is 3.44. The van der Waals surface area contributed by atoms with Gasteiger partial charge in [0.15, 0.2) is 0 Å². The Hall–Kier alpha value is -3.49. The molecule has 0 saturated heterocycles. The fourth-order valence-corrected chi connectivity index (χ4v) is 2.38. The van der Waals surface area contributed by atoms with Crippen LogP contribution in [0, 0.1) is 0 Å². The van der Waals surface area contributed by atoms with E-state index >= 15 is 0 Å². The third kappa shape index (κ3) is 3.57. The zero-order chi connectivity index (χ0) is 19.6. The minimum Gasteiger partial charge on any atom is -0.465 e. The summed E-state index contributed by atoms with van der Waals surface area (Å²) in [4.78, 5) is 27.9. The molecule has 0 aliphatic carbocycles. The number of halogens is 3. The van der Waals surface area contributed by atoms with Crippen LogP contribution in [0.15, 0.2) is 53.2 Å². The van der Waals surface area contributed by atoms with Crippen molar-refractivity contribution in [3.05, 3.63) is 71.2 Å². The van der Waals surface area contributed by atoms with Crippen molar-refractivity contribution < 1.29 is 32.0 Å². The van der Waals surface area contributed by atoms with Crippen molar-refractivity contribution >= 4 is 11.8 Å². The molecule has 27 heavy (non-hydrogen) atoms. The Bertz CT molecular complexity index is 980. The third-order valence-electron chi connectivity index (χ3n) is 3.64. The SMILES string of the molecule is COC(=O)c1ccc(C(=O)c2c(-c3ccccc3)noc2C(F)(F)F)nc1. The summed E-state index contributed by atoms with van der Waals surface area (Å²) in [6, 6.07) is 10.2. The first-order chi connectivity index (χ1) is 12.8. The molecule has 0 radical (unpaired) electrons. The van der Waals surface area contributed by atoms with Crippen LogP contribution in [0.3, 0.4) is 0 Å². The Balaban J connectivity index is 2.10. The van der Waals surface area contributed by atoms with E-state index in [0.717, 1.165) is 12.3 Å². The Kier molecular flexibility index (Phi) is 4.76. The van der Waals surface area contributed by atoms with Gasteiger partial charge in [0.05, 0.1) is 12.7 Å². The zero-order valence-electron chi connectivity index (χ0n) is 13.8. The van der Waals surface area contributed by atoms with Crippen LogP contribution in [-0.2, 0) is 10.9 Å². The lowest BCUT2D eigenvalue weighted by molar-refractivity contribution is -0.155. The van der Waals surface area contributed by atoms with E-state index in [0.29, 0.717) is 0 Å². The van der Waals surface area contributed by atoms with E-state index in [2.05, 4.69) is 19.4 Å². The number of hydrogen-bond acceptors (Lipinski definition) is 6. The molecule has 0 unspecified atom stereocenters. The molecule has 3 aromatic rings. The molecule has 1 aromatic carbocycles. The summed E-state index contributed by atoms with van der Waals surface area (Å²) in [7, 11) is 1.17. The van der Waals surface area contributed by atoms with Crippen LogP contribution >= 0.6 is 0 Å². The number of carbonyl (C=O) groups is 2. The van der Waals surface area contributed by atoms with Crippen LogP contribution in [0.4, 0.5) is 13.2 Å². The van der Waals surface area contributed by atoms with Crippen molar-refractivity contribution in [2.75, 3.05) is 7.11 Å². The van der Waals surface area contributed by atoms with Gasteiger partial charge in [0, 0.05) is 11.8 Å². The smallest absolute Gasteiger partial charge is 0.453 e. The number of methoxy groups -OCH3 is 1. The van der Waals surface area contributed by atoms with E-state index in [4.69, 9.17) is 0 Å². The van der Waals surface area contributed by atoms with E-state index in [1.807, 2.05) is 0 Å². The first-order valence-corrected chi connectivity index (χ1v) is 7.54. The summed E-state index contributed by atoms with van der Waals surface area (Å²) in [5.41, 5.74) is -0.947. The molecule has 6 nitrogen and oxygen atoms in total. The fourth-order valence-electron chi connectivity index (χ4n) is 2.38. The molecular formula is C18H11F3N2O4. The highest BCUT2D eigenvalue weighted by molar-refractivity contribution is 6.12. The molecule has 0 saturated carbocycles. The summed E-state index contributed by atoms with van der Waals surface area (Å²) in [6.07, 6.45) is -3.88. The number of nitrogens with zero attached hydrogens (tertiary/aromatic N) is 2. The average molecular weight is 376 g/mol. The highest BCUT2D eigenvalue weighted by Gasteiger charge is 2.43. The van der Waals surface area contributed by atoms with Crippen LogP contribution in [-0.4, -0.2) is 29.0 Å². The standard InChI is InChI=1S/C18H11F3N2O4/c1-26-17(25)11-7-8-12(22-9-11)15(24)13-14(10-5-3-2-4-6-10)23-27-16(13)18(19,20)21/h2-9H,1H3. The first-order valence-electron chi connectivity index (χ1n) is 7.54. The number of aromatic nitrogens is 2. The average Bonchev–Trinajstić information content (AvgIpc) is 3.13. The second-order valence-corrected chi connectivity index (χ2v) is 5.35.